The Hall–Kier alpha value is -1.80. The number of aromatic amines is 1. The summed E-state index contributed by atoms with van der Waals surface area (Å²) in [6.07, 6.45) is 0.0346. The summed E-state index contributed by atoms with van der Waals surface area (Å²) >= 11 is 13.0. The van der Waals surface area contributed by atoms with Crippen molar-refractivity contribution in [2.24, 2.45) is 23.5 Å². The molecule has 2 atom stereocenters. The number of halogens is 5. The molecule has 0 bridgehead atoms. The van der Waals surface area contributed by atoms with Crippen molar-refractivity contribution in [2.75, 3.05) is 0 Å². The smallest absolute Gasteiger partial charge is 0.364 e. The van der Waals surface area contributed by atoms with Crippen LogP contribution < -0.4 is 11.2 Å². The summed E-state index contributed by atoms with van der Waals surface area (Å²) < 4.78 is 38.4. The van der Waals surface area contributed by atoms with Crippen molar-refractivity contribution in [3.05, 3.63) is 39.9 Å². The van der Waals surface area contributed by atoms with E-state index < -0.39 is 27.8 Å². The van der Waals surface area contributed by atoms with E-state index in [2.05, 4.69) is 9.97 Å². The number of carbonyl (C=O) groups excluding carboxylic acids is 1. The molecule has 3 N–H and O–H groups in total. The predicted molar refractivity (Wildman–Crippen MR) is 117 cm³/mol. The van der Waals surface area contributed by atoms with Crippen LogP contribution in [0.2, 0.25) is 0 Å². The van der Waals surface area contributed by atoms with E-state index in [1.807, 2.05) is 0 Å². The van der Waals surface area contributed by atoms with Gasteiger partial charge in [0.15, 0.2) is 5.43 Å². The second-order valence-electron chi connectivity index (χ2n) is 9.06. The molecular weight excluding hydrogens is 466 g/mol. The van der Waals surface area contributed by atoms with Crippen molar-refractivity contribution in [3.8, 4) is 0 Å². The van der Waals surface area contributed by atoms with E-state index in [0.29, 0.717) is 43.3 Å². The van der Waals surface area contributed by atoms with Gasteiger partial charge in [0.25, 0.3) is 5.91 Å². The van der Waals surface area contributed by atoms with Crippen LogP contribution in [-0.2, 0) is 0 Å². The molecule has 5 nitrogen and oxygen atoms in total. The molecule has 32 heavy (non-hydrogen) atoms. The second kappa shape index (κ2) is 8.52. The van der Waals surface area contributed by atoms with Gasteiger partial charge < -0.3 is 10.7 Å². The van der Waals surface area contributed by atoms with E-state index in [4.69, 9.17) is 28.9 Å². The summed E-state index contributed by atoms with van der Waals surface area (Å²) in [5.74, 6) is -2.11. The molecule has 4 rings (SSSR count). The van der Waals surface area contributed by atoms with Crippen LogP contribution in [-0.4, -0.2) is 26.4 Å². The van der Waals surface area contributed by atoms with Gasteiger partial charge in [0.1, 0.15) is 10.0 Å². The Bertz CT molecular complexity index is 1080. The zero-order valence-electron chi connectivity index (χ0n) is 17.2. The number of nitrogens with two attached hydrogens (primary N) is 1. The van der Waals surface area contributed by atoms with E-state index in [-0.39, 0.29) is 41.7 Å². The van der Waals surface area contributed by atoms with Crippen molar-refractivity contribution in [1.29, 1.82) is 0 Å². The molecule has 2 saturated carbocycles. The number of primary amides is 1. The third-order valence-corrected chi connectivity index (χ3v) is 7.80. The van der Waals surface area contributed by atoms with Crippen molar-refractivity contribution in [3.63, 3.8) is 0 Å². The SMILES string of the molecule is NC(=O)c1nccc2[nH]c(C3CC(Cl)(Cl)CCC3C3CCC(C(F)(F)F)CC3)cc(=O)c12. The highest BCUT2D eigenvalue weighted by atomic mass is 35.5. The van der Waals surface area contributed by atoms with Crippen LogP contribution in [0.3, 0.4) is 0 Å². The number of carbonyl (C=O) groups is 1. The lowest BCUT2D eigenvalue weighted by Crippen LogP contribution is -2.37. The maximum atomic E-state index is 13.1. The molecule has 2 unspecified atom stereocenters. The Balaban J connectivity index is 1.68. The minimum Gasteiger partial charge on any atom is -0.364 e. The minimum atomic E-state index is -4.16. The van der Waals surface area contributed by atoms with Gasteiger partial charge in [0, 0.05) is 23.9 Å². The lowest BCUT2D eigenvalue weighted by molar-refractivity contribution is -0.185. The van der Waals surface area contributed by atoms with E-state index in [1.54, 1.807) is 6.07 Å². The minimum absolute atomic E-state index is 0.0559. The number of fused-ring (bicyclic) bond motifs is 1. The summed E-state index contributed by atoms with van der Waals surface area (Å²) in [6.45, 7) is 0. The number of hydrogen-bond acceptors (Lipinski definition) is 3. The van der Waals surface area contributed by atoms with Gasteiger partial charge in [-0.1, -0.05) is 0 Å². The first-order chi connectivity index (χ1) is 15.0. The number of alkyl halides is 5. The number of aromatic nitrogens is 2. The van der Waals surface area contributed by atoms with Crippen LogP contribution in [0.15, 0.2) is 23.1 Å². The fourth-order valence-corrected chi connectivity index (χ4v) is 6.09. The predicted octanol–water partition coefficient (Wildman–Crippen LogP) is 5.45. The van der Waals surface area contributed by atoms with Gasteiger partial charge in [0.2, 0.25) is 0 Å². The highest BCUT2D eigenvalue weighted by Crippen LogP contribution is 2.53. The number of amides is 1. The first kappa shape index (κ1) is 23.4. The number of H-pyrrole nitrogens is 1. The van der Waals surface area contributed by atoms with Gasteiger partial charge in [-0.2, -0.15) is 13.2 Å². The van der Waals surface area contributed by atoms with E-state index in [1.165, 1.54) is 12.3 Å². The van der Waals surface area contributed by atoms with Crippen molar-refractivity contribution in [1.82, 2.24) is 9.97 Å². The number of rotatable bonds is 3. The number of hydrogen-bond donors (Lipinski definition) is 2. The van der Waals surface area contributed by atoms with Crippen LogP contribution >= 0.6 is 23.2 Å². The van der Waals surface area contributed by atoms with Crippen molar-refractivity contribution >= 4 is 40.0 Å². The highest BCUT2D eigenvalue weighted by molar-refractivity contribution is 6.48. The normalized spacial score (nSPS) is 28.5. The topological polar surface area (TPSA) is 88.8 Å². The molecule has 0 radical (unpaired) electrons. The Morgan fingerprint density at radius 2 is 1.88 bits per heavy atom. The summed E-state index contributed by atoms with van der Waals surface area (Å²) in [6, 6.07) is 3.01. The van der Waals surface area contributed by atoms with Crippen LogP contribution in [0.5, 0.6) is 0 Å². The van der Waals surface area contributed by atoms with Crippen LogP contribution in [0.25, 0.3) is 10.9 Å². The monoisotopic (exact) mass is 489 g/mol. The quantitative estimate of drug-likeness (QED) is 0.561. The van der Waals surface area contributed by atoms with Crippen LogP contribution in [0.4, 0.5) is 13.2 Å². The molecule has 0 aliphatic heterocycles. The maximum absolute atomic E-state index is 13.1. The maximum Gasteiger partial charge on any atom is 0.391 e. The molecular formula is C22H24Cl2F3N3O2. The Morgan fingerprint density at radius 1 is 1.19 bits per heavy atom. The van der Waals surface area contributed by atoms with Gasteiger partial charge in [-0.25, -0.2) is 0 Å². The molecule has 2 aliphatic rings. The van der Waals surface area contributed by atoms with Gasteiger partial charge in [-0.15, -0.1) is 23.2 Å². The first-order valence-electron chi connectivity index (χ1n) is 10.7. The molecule has 2 aliphatic carbocycles. The lowest BCUT2D eigenvalue weighted by atomic mass is 9.65. The fourth-order valence-electron chi connectivity index (χ4n) is 5.54. The van der Waals surface area contributed by atoms with Gasteiger partial charge in [-0.3, -0.25) is 14.6 Å². The zero-order chi connectivity index (χ0) is 23.3. The Morgan fingerprint density at radius 3 is 2.50 bits per heavy atom. The third-order valence-electron chi connectivity index (χ3n) is 7.11. The third kappa shape index (κ3) is 4.62. The van der Waals surface area contributed by atoms with Crippen LogP contribution in [0.1, 0.15) is 67.0 Å². The average molecular weight is 490 g/mol. The summed E-state index contributed by atoms with van der Waals surface area (Å²) in [7, 11) is 0. The van der Waals surface area contributed by atoms with Crippen molar-refractivity contribution < 1.29 is 18.0 Å². The molecule has 2 aromatic heterocycles. The molecule has 10 heteroatoms. The molecule has 0 saturated heterocycles. The van der Waals surface area contributed by atoms with E-state index in [0.717, 1.165) is 0 Å². The lowest BCUT2D eigenvalue weighted by Gasteiger charge is -2.44. The zero-order valence-corrected chi connectivity index (χ0v) is 18.7. The average Bonchev–Trinajstić information content (AvgIpc) is 2.72. The fraction of sp³-hybridized carbons (Fsp3) is 0.591. The molecule has 0 spiro atoms. The highest BCUT2D eigenvalue weighted by Gasteiger charge is 2.46. The van der Waals surface area contributed by atoms with E-state index in [9.17, 15) is 22.8 Å². The van der Waals surface area contributed by atoms with E-state index >= 15 is 0 Å². The van der Waals surface area contributed by atoms with Gasteiger partial charge in [-0.05, 0) is 62.8 Å². The standard InChI is InChI=1S/C22H24Cl2F3N3O2/c23-21(24)7-5-13(11-1-3-12(4-2-11)22(25,26)27)14(10-21)16-9-17(31)18-15(30-16)6-8-29-19(18)20(28)32/h6,8-9,11-14H,1-5,7,10H2,(H2,28,32)(H,30,31). The summed E-state index contributed by atoms with van der Waals surface area (Å²) in [5.41, 5.74) is 5.91. The number of pyridine rings is 2. The summed E-state index contributed by atoms with van der Waals surface area (Å²) in [4.78, 5) is 31.7. The molecule has 1 amide bonds. The molecule has 2 fully saturated rings. The van der Waals surface area contributed by atoms with Crippen molar-refractivity contribution in [2.45, 2.75) is 61.4 Å². The largest absolute Gasteiger partial charge is 0.391 e. The molecule has 2 aromatic rings. The molecule has 2 heterocycles. The van der Waals surface area contributed by atoms with Crippen LogP contribution in [0, 0.1) is 17.8 Å². The Kier molecular flexibility index (Phi) is 6.22. The van der Waals surface area contributed by atoms with Gasteiger partial charge >= 0.3 is 6.18 Å². The molecule has 174 valence electrons. The first-order valence-corrected chi connectivity index (χ1v) is 11.5. The number of nitrogens with zero attached hydrogens (tertiary/aromatic N) is 1. The number of nitrogens with one attached hydrogen (secondary N) is 1. The Labute approximate surface area is 192 Å². The molecule has 0 aromatic carbocycles. The second-order valence-corrected chi connectivity index (χ2v) is 10.7. The summed E-state index contributed by atoms with van der Waals surface area (Å²) in [5, 5.41) is 0.116. The van der Waals surface area contributed by atoms with Gasteiger partial charge in [0.05, 0.1) is 16.8 Å².